The Labute approximate surface area is 139 Å². The fourth-order valence-electron chi connectivity index (χ4n) is 3.00. The second kappa shape index (κ2) is 6.23. The average Bonchev–Trinajstić information content (AvgIpc) is 3.10. The Bertz CT molecular complexity index is 818. The van der Waals surface area contributed by atoms with Gasteiger partial charge in [-0.3, -0.25) is 9.59 Å². The zero-order valence-corrected chi connectivity index (χ0v) is 13.6. The molecule has 0 bridgehead atoms. The lowest BCUT2D eigenvalue weighted by Gasteiger charge is -2.25. The number of benzene rings is 1. The summed E-state index contributed by atoms with van der Waals surface area (Å²) in [6.07, 6.45) is 1.15. The number of carbonyl (C=O) groups is 2. The van der Waals surface area contributed by atoms with Crippen LogP contribution in [0.3, 0.4) is 0 Å². The third-order valence-electron chi connectivity index (χ3n) is 4.08. The Hall–Kier alpha value is -2.42. The van der Waals surface area contributed by atoms with Crippen LogP contribution < -0.4 is 5.32 Å². The third-order valence-corrected chi connectivity index (χ3v) is 5.40. The number of aliphatic carboxylic acids is 1. The van der Waals surface area contributed by atoms with E-state index in [1.165, 1.54) is 6.07 Å². The molecule has 2 aliphatic heterocycles. The molecule has 9 heteroatoms. The van der Waals surface area contributed by atoms with E-state index in [0.717, 1.165) is 6.42 Å². The highest BCUT2D eigenvalue weighted by Gasteiger charge is 2.39. The van der Waals surface area contributed by atoms with Crippen LogP contribution in [0.1, 0.15) is 24.8 Å². The summed E-state index contributed by atoms with van der Waals surface area (Å²) in [5.41, 5.74) is 0.503. The van der Waals surface area contributed by atoms with Gasteiger partial charge in [0.1, 0.15) is 10.9 Å². The van der Waals surface area contributed by atoms with E-state index in [1.807, 2.05) is 0 Å². The van der Waals surface area contributed by atoms with Crippen molar-refractivity contribution < 1.29 is 23.1 Å². The van der Waals surface area contributed by atoms with Gasteiger partial charge < -0.3 is 15.3 Å². The summed E-state index contributed by atoms with van der Waals surface area (Å²) in [6.45, 7) is 0.569. The Kier molecular flexibility index (Phi) is 4.27. The Balaban J connectivity index is 1.82. The summed E-state index contributed by atoms with van der Waals surface area (Å²) < 4.78 is 28.2. The van der Waals surface area contributed by atoms with Gasteiger partial charge in [0, 0.05) is 18.7 Å². The minimum Gasteiger partial charge on any atom is -0.481 e. The maximum Gasteiger partial charge on any atom is 0.305 e. The number of hydrogen-bond acceptors (Lipinski definition) is 5. The fourth-order valence-corrected chi connectivity index (χ4v) is 4.22. The van der Waals surface area contributed by atoms with Crippen molar-refractivity contribution in [2.24, 2.45) is 4.40 Å². The van der Waals surface area contributed by atoms with Gasteiger partial charge in [0.2, 0.25) is 5.91 Å². The highest BCUT2D eigenvalue weighted by atomic mass is 32.2. The monoisotopic (exact) mass is 351 g/mol. The van der Waals surface area contributed by atoms with E-state index in [1.54, 1.807) is 23.1 Å². The van der Waals surface area contributed by atoms with E-state index in [4.69, 9.17) is 5.11 Å². The van der Waals surface area contributed by atoms with Crippen molar-refractivity contribution in [3.05, 3.63) is 29.8 Å². The first-order chi connectivity index (χ1) is 11.4. The van der Waals surface area contributed by atoms with Crippen LogP contribution in [0.15, 0.2) is 33.6 Å². The summed E-state index contributed by atoms with van der Waals surface area (Å²) in [5.74, 6) is -1.00. The standard InChI is InChI=1S/C15H17N3O5S/c19-13(20)7-8-16-15(21)11-5-3-9-18(11)14-10-4-1-2-6-12(10)24(22,23)17-14/h1-2,4,6,11H,3,5,7-9H2,(H,16,21)(H,19,20)/t11-/m0/s1. The highest BCUT2D eigenvalue weighted by Crippen LogP contribution is 2.31. The first-order valence-electron chi connectivity index (χ1n) is 7.60. The molecule has 2 aliphatic rings. The normalized spacial score (nSPS) is 21.2. The minimum absolute atomic E-state index is 0.0415. The molecule has 2 N–H and O–H groups in total. The maximum absolute atomic E-state index is 12.3. The molecule has 0 aromatic heterocycles. The smallest absolute Gasteiger partial charge is 0.305 e. The zero-order valence-electron chi connectivity index (χ0n) is 12.8. The number of nitrogens with one attached hydrogen (secondary N) is 1. The quantitative estimate of drug-likeness (QED) is 0.800. The lowest BCUT2D eigenvalue weighted by atomic mass is 10.1. The van der Waals surface area contributed by atoms with Gasteiger partial charge >= 0.3 is 5.97 Å². The van der Waals surface area contributed by atoms with Crippen molar-refractivity contribution in [1.29, 1.82) is 0 Å². The topological polar surface area (TPSA) is 116 Å². The van der Waals surface area contributed by atoms with Gasteiger partial charge in [-0.2, -0.15) is 8.42 Å². The molecule has 1 aromatic rings. The van der Waals surface area contributed by atoms with E-state index in [2.05, 4.69) is 9.71 Å². The molecule has 0 unspecified atom stereocenters. The number of carboxylic acids is 1. The number of carboxylic acid groups (broad SMARTS) is 1. The van der Waals surface area contributed by atoms with Crippen LogP contribution in [-0.4, -0.2) is 55.3 Å². The first-order valence-corrected chi connectivity index (χ1v) is 9.04. The molecule has 0 saturated carbocycles. The lowest BCUT2D eigenvalue weighted by Crippen LogP contribution is -2.46. The minimum atomic E-state index is -3.73. The highest BCUT2D eigenvalue weighted by molar-refractivity contribution is 7.90. The van der Waals surface area contributed by atoms with Crippen molar-refractivity contribution in [3.8, 4) is 0 Å². The third kappa shape index (κ3) is 2.99. The summed E-state index contributed by atoms with van der Waals surface area (Å²) >= 11 is 0. The molecule has 3 rings (SSSR count). The van der Waals surface area contributed by atoms with Crippen molar-refractivity contribution in [2.45, 2.75) is 30.2 Å². The van der Waals surface area contributed by atoms with E-state index in [9.17, 15) is 18.0 Å². The van der Waals surface area contributed by atoms with E-state index >= 15 is 0 Å². The fraction of sp³-hybridized carbons (Fsp3) is 0.400. The molecule has 1 fully saturated rings. The molecule has 1 amide bonds. The molecule has 0 radical (unpaired) electrons. The van der Waals surface area contributed by atoms with Crippen molar-refractivity contribution in [1.82, 2.24) is 10.2 Å². The number of nitrogens with zero attached hydrogens (tertiary/aromatic N) is 2. The van der Waals surface area contributed by atoms with Crippen LogP contribution in [0, 0.1) is 0 Å². The van der Waals surface area contributed by atoms with Crippen LogP contribution in [0.4, 0.5) is 0 Å². The van der Waals surface area contributed by atoms with Gasteiger partial charge in [-0.1, -0.05) is 12.1 Å². The predicted octanol–water partition coefficient (Wildman–Crippen LogP) is 0.191. The summed E-state index contributed by atoms with van der Waals surface area (Å²) in [7, 11) is -3.73. The van der Waals surface area contributed by atoms with Gasteiger partial charge in [-0.25, -0.2) is 0 Å². The zero-order chi connectivity index (χ0) is 17.3. The van der Waals surface area contributed by atoms with Crippen molar-refractivity contribution >= 4 is 27.7 Å². The van der Waals surface area contributed by atoms with Crippen LogP contribution in [0.5, 0.6) is 0 Å². The molecular formula is C15H17N3O5S. The van der Waals surface area contributed by atoms with Gasteiger partial charge in [0.25, 0.3) is 10.0 Å². The molecule has 128 valence electrons. The second-order valence-corrected chi connectivity index (χ2v) is 7.24. The van der Waals surface area contributed by atoms with Gasteiger partial charge in [0.05, 0.1) is 6.42 Å². The molecule has 24 heavy (non-hydrogen) atoms. The molecule has 2 heterocycles. The first kappa shape index (κ1) is 16.4. The predicted molar refractivity (Wildman–Crippen MR) is 85.2 cm³/mol. The Morgan fingerprint density at radius 1 is 1.33 bits per heavy atom. The number of amides is 1. The maximum atomic E-state index is 12.3. The van der Waals surface area contributed by atoms with Gasteiger partial charge in [-0.15, -0.1) is 4.40 Å². The lowest BCUT2D eigenvalue weighted by molar-refractivity contribution is -0.137. The number of amidine groups is 1. The summed E-state index contributed by atoms with van der Waals surface area (Å²) in [6, 6.07) is 6.00. The Morgan fingerprint density at radius 2 is 2.08 bits per heavy atom. The van der Waals surface area contributed by atoms with Gasteiger partial charge in [-0.05, 0) is 25.0 Å². The number of fused-ring (bicyclic) bond motifs is 1. The van der Waals surface area contributed by atoms with E-state index in [0.29, 0.717) is 24.4 Å². The number of sulfonamides is 1. The molecule has 1 atom stereocenters. The van der Waals surface area contributed by atoms with Crippen LogP contribution >= 0.6 is 0 Å². The van der Waals surface area contributed by atoms with Crippen molar-refractivity contribution in [3.63, 3.8) is 0 Å². The Morgan fingerprint density at radius 3 is 2.83 bits per heavy atom. The molecule has 1 saturated heterocycles. The molecule has 1 aromatic carbocycles. The van der Waals surface area contributed by atoms with E-state index in [-0.39, 0.29) is 23.8 Å². The largest absolute Gasteiger partial charge is 0.481 e. The number of likely N-dealkylation sites (tertiary alicyclic amines) is 1. The number of hydrogen-bond donors (Lipinski definition) is 2. The number of rotatable bonds is 4. The summed E-state index contributed by atoms with van der Waals surface area (Å²) in [4.78, 5) is 24.7. The number of carbonyl (C=O) groups excluding carboxylic acids is 1. The molecular weight excluding hydrogens is 334 g/mol. The molecule has 8 nitrogen and oxygen atoms in total. The SMILES string of the molecule is O=C(O)CCNC(=O)[C@@H]1CCCN1C1=NS(=O)(=O)c2ccccc21. The van der Waals surface area contributed by atoms with Crippen LogP contribution in [0.25, 0.3) is 0 Å². The van der Waals surface area contributed by atoms with Crippen LogP contribution in [-0.2, 0) is 19.6 Å². The molecule has 0 spiro atoms. The average molecular weight is 351 g/mol. The van der Waals surface area contributed by atoms with E-state index < -0.39 is 22.0 Å². The van der Waals surface area contributed by atoms with Crippen LogP contribution in [0.2, 0.25) is 0 Å². The molecule has 0 aliphatic carbocycles. The summed E-state index contributed by atoms with van der Waals surface area (Å²) in [5, 5.41) is 11.2. The second-order valence-electron chi connectivity index (χ2n) is 5.67. The van der Waals surface area contributed by atoms with Crippen molar-refractivity contribution in [2.75, 3.05) is 13.1 Å². The van der Waals surface area contributed by atoms with Gasteiger partial charge in [0.15, 0.2) is 5.84 Å².